The van der Waals surface area contributed by atoms with Crippen LogP contribution >= 0.6 is 11.3 Å². The highest BCUT2D eigenvalue weighted by Crippen LogP contribution is 2.35. The van der Waals surface area contributed by atoms with Gasteiger partial charge in [0.25, 0.3) is 5.91 Å². The van der Waals surface area contributed by atoms with Crippen molar-refractivity contribution in [3.8, 4) is 11.5 Å². The van der Waals surface area contributed by atoms with Crippen molar-refractivity contribution in [3.63, 3.8) is 0 Å². The number of sulfonamides is 1. The summed E-state index contributed by atoms with van der Waals surface area (Å²) in [5, 5.41) is 3.08. The highest BCUT2D eigenvalue weighted by atomic mass is 32.2. The Morgan fingerprint density at radius 1 is 1.23 bits per heavy atom. The number of hydrogen-bond donors (Lipinski definition) is 1. The molecule has 0 fully saturated rings. The summed E-state index contributed by atoms with van der Waals surface area (Å²) in [6.45, 7) is 0.410. The number of nitrogens with zero attached hydrogens (tertiary/aromatic N) is 4. The van der Waals surface area contributed by atoms with Gasteiger partial charge in [-0.2, -0.15) is 4.31 Å². The van der Waals surface area contributed by atoms with Crippen molar-refractivity contribution in [1.29, 1.82) is 0 Å². The van der Waals surface area contributed by atoms with Gasteiger partial charge in [0.2, 0.25) is 10.0 Å². The first-order chi connectivity index (χ1) is 14.9. The van der Waals surface area contributed by atoms with Gasteiger partial charge in [0.15, 0.2) is 5.13 Å². The van der Waals surface area contributed by atoms with Crippen LogP contribution in [0.25, 0.3) is 0 Å². The second-order valence-electron chi connectivity index (χ2n) is 6.54. The van der Waals surface area contributed by atoms with E-state index in [1.807, 2.05) is 0 Å². The number of anilines is 1. The predicted octanol–water partition coefficient (Wildman–Crippen LogP) is 1.95. The number of ether oxygens (including phenoxy) is 2. The number of benzene rings is 1. The topological polar surface area (TPSA) is 124 Å². The number of thiazole rings is 1. The van der Waals surface area contributed by atoms with Crippen LogP contribution in [0.15, 0.2) is 41.7 Å². The molecule has 2 aromatic heterocycles. The minimum atomic E-state index is -3.84. The molecule has 1 amide bonds. The molecule has 0 aliphatic carbocycles. The van der Waals surface area contributed by atoms with Gasteiger partial charge < -0.3 is 9.47 Å². The molecule has 0 unspecified atom stereocenters. The summed E-state index contributed by atoms with van der Waals surface area (Å²) in [6.07, 6.45) is 4.69. The molecule has 0 atom stereocenters. The fraction of sp³-hybridized carbons (Fsp3) is 0.263. The van der Waals surface area contributed by atoms with E-state index in [4.69, 9.17) is 9.47 Å². The van der Waals surface area contributed by atoms with E-state index in [2.05, 4.69) is 20.3 Å². The van der Waals surface area contributed by atoms with Crippen molar-refractivity contribution in [2.24, 2.45) is 0 Å². The quantitative estimate of drug-likeness (QED) is 0.591. The average Bonchev–Trinajstić information content (AvgIpc) is 3.20. The number of carbonyl (C=O) groups is 1. The number of methoxy groups -OCH3 is 2. The summed E-state index contributed by atoms with van der Waals surface area (Å²) in [6, 6.07) is 4.65. The van der Waals surface area contributed by atoms with Crippen LogP contribution in [0, 0.1) is 0 Å². The molecule has 1 aliphatic rings. The minimum absolute atomic E-state index is 0.0403. The van der Waals surface area contributed by atoms with Crippen molar-refractivity contribution >= 4 is 32.4 Å². The molecule has 3 heterocycles. The lowest BCUT2D eigenvalue weighted by atomic mass is 10.2. The number of aromatic nitrogens is 3. The third-order valence-electron chi connectivity index (χ3n) is 4.70. The Balaban J connectivity index is 1.56. The van der Waals surface area contributed by atoms with Crippen molar-refractivity contribution in [3.05, 3.63) is 53.1 Å². The molecule has 0 bridgehead atoms. The molecule has 12 heteroatoms. The SMILES string of the molecule is COc1ccc(OC)c(S(=O)(=O)N2CCc3nc(NC(=O)c4cnccn4)sc3C2)c1. The molecule has 10 nitrogen and oxygen atoms in total. The maximum absolute atomic E-state index is 13.3. The molecule has 1 N–H and O–H groups in total. The average molecular weight is 462 g/mol. The van der Waals surface area contributed by atoms with Crippen molar-refractivity contribution in [1.82, 2.24) is 19.3 Å². The van der Waals surface area contributed by atoms with Crippen molar-refractivity contribution < 1.29 is 22.7 Å². The van der Waals surface area contributed by atoms with E-state index in [0.29, 0.717) is 17.3 Å². The maximum atomic E-state index is 13.3. The molecular weight excluding hydrogens is 442 g/mol. The molecule has 162 valence electrons. The number of hydrogen-bond acceptors (Lipinski definition) is 9. The summed E-state index contributed by atoms with van der Waals surface area (Å²) < 4.78 is 38.4. The molecule has 0 radical (unpaired) electrons. The zero-order valence-corrected chi connectivity index (χ0v) is 18.4. The number of rotatable bonds is 6. The summed E-state index contributed by atoms with van der Waals surface area (Å²) in [5.74, 6) is 0.237. The molecule has 31 heavy (non-hydrogen) atoms. The summed E-state index contributed by atoms with van der Waals surface area (Å²) in [7, 11) is -0.942. The van der Waals surface area contributed by atoms with Gasteiger partial charge in [-0.1, -0.05) is 0 Å². The predicted molar refractivity (Wildman–Crippen MR) is 113 cm³/mol. The van der Waals surface area contributed by atoms with Crippen LogP contribution in [0.4, 0.5) is 5.13 Å². The molecular formula is C19H19N5O5S2. The first kappa shape index (κ1) is 21.2. The Morgan fingerprint density at radius 2 is 2.06 bits per heavy atom. The summed E-state index contributed by atoms with van der Waals surface area (Å²) >= 11 is 1.24. The largest absolute Gasteiger partial charge is 0.497 e. The van der Waals surface area contributed by atoms with Crippen LogP contribution in [-0.2, 0) is 23.0 Å². The van der Waals surface area contributed by atoms with Gasteiger partial charge in [-0.25, -0.2) is 18.4 Å². The Morgan fingerprint density at radius 3 is 2.77 bits per heavy atom. The molecule has 0 spiro atoms. The lowest BCUT2D eigenvalue weighted by Gasteiger charge is -2.26. The maximum Gasteiger partial charge on any atom is 0.277 e. The van der Waals surface area contributed by atoms with E-state index in [1.54, 1.807) is 12.1 Å². The van der Waals surface area contributed by atoms with E-state index in [1.165, 1.54) is 54.5 Å². The van der Waals surface area contributed by atoms with Crippen LogP contribution in [0.5, 0.6) is 11.5 Å². The third kappa shape index (κ3) is 4.22. The monoisotopic (exact) mass is 461 g/mol. The fourth-order valence-corrected chi connectivity index (χ4v) is 5.81. The van der Waals surface area contributed by atoms with Crippen LogP contribution in [0.2, 0.25) is 0 Å². The lowest BCUT2D eigenvalue weighted by molar-refractivity contribution is 0.102. The van der Waals surface area contributed by atoms with Gasteiger partial charge in [-0.3, -0.25) is 15.1 Å². The molecule has 1 aromatic carbocycles. The van der Waals surface area contributed by atoms with E-state index >= 15 is 0 Å². The minimum Gasteiger partial charge on any atom is -0.497 e. The van der Waals surface area contributed by atoms with Crippen molar-refractivity contribution in [2.45, 2.75) is 17.9 Å². The van der Waals surface area contributed by atoms with Crippen LogP contribution in [0.3, 0.4) is 0 Å². The zero-order valence-electron chi connectivity index (χ0n) is 16.7. The second-order valence-corrected chi connectivity index (χ2v) is 9.53. The summed E-state index contributed by atoms with van der Waals surface area (Å²) in [4.78, 5) is 25.4. The highest BCUT2D eigenvalue weighted by Gasteiger charge is 2.33. The number of nitrogens with one attached hydrogen (secondary N) is 1. The Labute approximate surface area is 182 Å². The van der Waals surface area contributed by atoms with E-state index < -0.39 is 15.9 Å². The normalized spacial score (nSPS) is 14.0. The van der Waals surface area contributed by atoms with Gasteiger partial charge >= 0.3 is 0 Å². The molecule has 0 saturated heterocycles. The molecule has 0 saturated carbocycles. The van der Waals surface area contributed by atoms with Crippen LogP contribution < -0.4 is 14.8 Å². The molecule has 4 rings (SSSR count). The van der Waals surface area contributed by atoms with E-state index in [-0.39, 0.29) is 29.4 Å². The van der Waals surface area contributed by atoms with Crippen LogP contribution in [0.1, 0.15) is 21.1 Å². The number of fused-ring (bicyclic) bond motifs is 1. The first-order valence-electron chi connectivity index (χ1n) is 9.20. The number of amides is 1. The van der Waals surface area contributed by atoms with Crippen molar-refractivity contribution in [2.75, 3.05) is 26.1 Å². The second kappa shape index (κ2) is 8.57. The standard InChI is InChI=1S/C19H19N5O5S2/c1-28-12-3-4-15(29-2)17(9-12)31(26,27)24-8-5-13-16(11-24)30-19(22-13)23-18(25)14-10-20-6-7-21-14/h3-4,6-7,9-10H,5,8,11H2,1-2H3,(H,22,23,25). The van der Waals surface area contributed by atoms with Gasteiger partial charge in [0, 0.05) is 36.3 Å². The van der Waals surface area contributed by atoms with E-state index in [0.717, 1.165) is 10.6 Å². The highest BCUT2D eigenvalue weighted by molar-refractivity contribution is 7.89. The third-order valence-corrected chi connectivity index (χ3v) is 7.57. The van der Waals surface area contributed by atoms with Gasteiger partial charge in [0.05, 0.1) is 32.7 Å². The molecule has 1 aliphatic heterocycles. The summed E-state index contributed by atoms with van der Waals surface area (Å²) in [5.41, 5.74) is 0.938. The van der Waals surface area contributed by atoms with E-state index in [9.17, 15) is 13.2 Å². The van der Waals surface area contributed by atoms with Crippen LogP contribution in [-0.4, -0.2) is 54.3 Å². The lowest BCUT2D eigenvalue weighted by Crippen LogP contribution is -2.35. The zero-order chi connectivity index (χ0) is 22.0. The smallest absolute Gasteiger partial charge is 0.277 e. The Bertz CT molecular complexity index is 1210. The molecule has 3 aromatic rings. The van der Waals surface area contributed by atoms with Gasteiger partial charge in [-0.05, 0) is 12.1 Å². The Hall–Kier alpha value is -3.09. The van der Waals surface area contributed by atoms with Gasteiger partial charge in [0.1, 0.15) is 22.1 Å². The first-order valence-corrected chi connectivity index (χ1v) is 11.5. The Kier molecular flexibility index (Phi) is 5.85. The fourth-order valence-electron chi connectivity index (χ4n) is 3.13. The van der Waals surface area contributed by atoms with Gasteiger partial charge in [-0.15, -0.1) is 11.3 Å². The number of carbonyl (C=O) groups excluding carboxylic acids is 1.